The molecule has 1 N–H and O–H groups in total. The van der Waals surface area contributed by atoms with E-state index in [0.717, 1.165) is 17.8 Å². The second-order valence-electron chi connectivity index (χ2n) is 6.46. The average Bonchev–Trinajstić information content (AvgIpc) is 3.45. The molecular weight excluding hydrogens is 429 g/mol. The molecule has 2 aromatic carbocycles. The number of amides is 1. The molecule has 31 heavy (non-hydrogen) atoms. The lowest BCUT2D eigenvalue weighted by molar-refractivity contribution is -0.137. The molecule has 9 heteroatoms. The van der Waals surface area contributed by atoms with Crippen molar-refractivity contribution < 1.29 is 27.1 Å². The second kappa shape index (κ2) is 8.65. The van der Waals surface area contributed by atoms with Crippen LogP contribution in [0.4, 0.5) is 18.9 Å². The van der Waals surface area contributed by atoms with Crippen LogP contribution in [0.5, 0.6) is 5.75 Å². The zero-order valence-electron chi connectivity index (χ0n) is 15.8. The molecule has 1 amide bonds. The highest BCUT2D eigenvalue weighted by atomic mass is 32.1. The van der Waals surface area contributed by atoms with Crippen LogP contribution >= 0.6 is 11.3 Å². The molecule has 0 saturated heterocycles. The standard InChI is InChI=1S/C22H15F3N2O3S/c23-22(24,25)15-5-3-4-14(10-15)18-8-9-20(30-18)21(28)27-17-6-1-2-7-19(17)29-11-16-12-31-13-26-16/h1-10,12-13H,11H2,(H,27,28). The summed E-state index contributed by atoms with van der Waals surface area (Å²) in [4.78, 5) is 16.8. The van der Waals surface area contributed by atoms with Crippen LogP contribution in [-0.2, 0) is 12.8 Å². The fraction of sp³-hybridized carbons (Fsp3) is 0.0909. The number of nitrogens with zero attached hydrogens (tertiary/aromatic N) is 1. The largest absolute Gasteiger partial charge is 0.485 e. The van der Waals surface area contributed by atoms with Gasteiger partial charge in [-0.25, -0.2) is 4.98 Å². The quantitative estimate of drug-likeness (QED) is 0.382. The van der Waals surface area contributed by atoms with Gasteiger partial charge in [0, 0.05) is 10.9 Å². The lowest BCUT2D eigenvalue weighted by Gasteiger charge is -2.11. The zero-order chi connectivity index (χ0) is 21.8. The van der Waals surface area contributed by atoms with Crippen molar-refractivity contribution in [1.82, 2.24) is 4.98 Å². The van der Waals surface area contributed by atoms with Gasteiger partial charge in [0.05, 0.1) is 22.5 Å². The zero-order valence-corrected chi connectivity index (χ0v) is 16.7. The lowest BCUT2D eigenvalue weighted by Crippen LogP contribution is -2.12. The number of aromatic nitrogens is 1. The number of benzene rings is 2. The van der Waals surface area contributed by atoms with E-state index in [1.54, 1.807) is 29.8 Å². The van der Waals surface area contributed by atoms with Crippen LogP contribution in [0.3, 0.4) is 0 Å². The number of hydrogen-bond donors (Lipinski definition) is 1. The van der Waals surface area contributed by atoms with E-state index in [9.17, 15) is 18.0 Å². The maximum absolute atomic E-state index is 12.9. The summed E-state index contributed by atoms with van der Waals surface area (Å²) in [6, 6.07) is 14.5. The first-order valence-electron chi connectivity index (χ1n) is 9.08. The second-order valence-corrected chi connectivity index (χ2v) is 7.18. The third-order valence-electron chi connectivity index (χ3n) is 4.30. The van der Waals surface area contributed by atoms with Crippen LogP contribution in [0.2, 0.25) is 0 Å². The number of hydrogen-bond acceptors (Lipinski definition) is 5. The Labute approximate surface area is 179 Å². The van der Waals surface area contributed by atoms with Gasteiger partial charge in [0.25, 0.3) is 5.91 Å². The summed E-state index contributed by atoms with van der Waals surface area (Å²) in [5.41, 5.74) is 2.33. The molecule has 0 saturated carbocycles. The maximum Gasteiger partial charge on any atom is 0.416 e. The van der Waals surface area contributed by atoms with Crippen molar-refractivity contribution >= 4 is 22.9 Å². The molecule has 0 atom stereocenters. The Kier molecular flexibility index (Phi) is 5.77. The first-order chi connectivity index (χ1) is 14.9. The van der Waals surface area contributed by atoms with E-state index in [2.05, 4.69) is 10.3 Å². The summed E-state index contributed by atoms with van der Waals surface area (Å²) in [5.74, 6) is 0.0162. The van der Waals surface area contributed by atoms with Crippen LogP contribution in [0.15, 0.2) is 76.0 Å². The highest BCUT2D eigenvalue weighted by molar-refractivity contribution is 7.07. The summed E-state index contributed by atoms with van der Waals surface area (Å²) in [6.45, 7) is 0.247. The molecule has 0 aliphatic carbocycles. The highest BCUT2D eigenvalue weighted by Crippen LogP contribution is 2.33. The van der Waals surface area contributed by atoms with Crippen molar-refractivity contribution in [1.29, 1.82) is 0 Å². The number of nitrogens with one attached hydrogen (secondary N) is 1. The Hall–Kier alpha value is -3.59. The fourth-order valence-corrected chi connectivity index (χ4v) is 3.35. The van der Waals surface area contributed by atoms with E-state index in [4.69, 9.17) is 9.15 Å². The predicted molar refractivity (Wildman–Crippen MR) is 110 cm³/mol. The Balaban J connectivity index is 1.49. The summed E-state index contributed by atoms with van der Waals surface area (Å²) in [5, 5.41) is 4.56. The molecule has 0 aliphatic rings. The molecule has 0 fully saturated rings. The molecule has 0 radical (unpaired) electrons. The molecule has 0 spiro atoms. The number of furan rings is 1. The van der Waals surface area contributed by atoms with Crippen molar-refractivity contribution in [3.05, 3.63) is 88.6 Å². The molecule has 0 bridgehead atoms. The first-order valence-corrected chi connectivity index (χ1v) is 10.0. The van der Waals surface area contributed by atoms with Crippen LogP contribution in [0.1, 0.15) is 21.8 Å². The molecule has 2 heterocycles. The van der Waals surface area contributed by atoms with Crippen LogP contribution in [-0.4, -0.2) is 10.9 Å². The van der Waals surface area contributed by atoms with E-state index in [0.29, 0.717) is 11.4 Å². The van der Waals surface area contributed by atoms with Gasteiger partial charge < -0.3 is 14.5 Å². The molecule has 0 unspecified atom stereocenters. The molecule has 0 aliphatic heterocycles. The van der Waals surface area contributed by atoms with E-state index >= 15 is 0 Å². The minimum Gasteiger partial charge on any atom is -0.485 e. The molecule has 4 rings (SSSR count). The third-order valence-corrected chi connectivity index (χ3v) is 4.93. The number of thiazole rings is 1. The molecule has 5 nitrogen and oxygen atoms in total. The van der Waals surface area contributed by atoms with Crippen molar-refractivity contribution in [2.45, 2.75) is 12.8 Å². The lowest BCUT2D eigenvalue weighted by atomic mass is 10.1. The predicted octanol–water partition coefficient (Wildman–Crippen LogP) is 6.25. The Bertz CT molecular complexity index is 1190. The van der Waals surface area contributed by atoms with Gasteiger partial charge in [0.2, 0.25) is 0 Å². The smallest absolute Gasteiger partial charge is 0.416 e. The van der Waals surface area contributed by atoms with Crippen LogP contribution < -0.4 is 10.1 Å². The van der Waals surface area contributed by atoms with Crippen LogP contribution in [0, 0.1) is 0 Å². The van der Waals surface area contributed by atoms with Gasteiger partial charge in [-0.1, -0.05) is 24.3 Å². The fourth-order valence-electron chi connectivity index (χ4n) is 2.80. The number of carbonyl (C=O) groups excluding carboxylic acids is 1. The van der Waals surface area contributed by atoms with Gasteiger partial charge in [-0.15, -0.1) is 11.3 Å². The van der Waals surface area contributed by atoms with E-state index < -0.39 is 17.6 Å². The number of carbonyl (C=O) groups is 1. The van der Waals surface area contributed by atoms with Gasteiger partial charge in [-0.05, 0) is 36.4 Å². The Morgan fingerprint density at radius 3 is 2.71 bits per heavy atom. The Morgan fingerprint density at radius 2 is 1.94 bits per heavy atom. The van der Waals surface area contributed by atoms with Crippen molar-refractivity contribution in [3.63, 3.8) is 0 Å². The highest BCUT2D eigenvalue weighted by Gasteiger charge is 2.30. The van der Waals surface area contributed by atoms with Gasteiger partial charge in [-0.3, -0.25) is 4.79 Å². The molecule has 2 aromatic heterocycles. The van der Waals surface area contributed by atoms with Gasteiger partial charge in [-0.2, -0.15) is 13.2 Å². The normalized spacial score (nSPS) is 11.3. The average molecular weight is 444 g/mol. The SMILES string of the molecule is O=C(Nc1ccccc1OCc1cscn1)c1ccc(-c2cccc(C(F)(F)F)c2)o1. The number of halogens is 3. The van der Waals surface area contributed by atoms with Crippen LogP contribution in [0.25, 0.3) is 11.3 Å². The first kappa shape index (κ1) is 20.7. The topological polar surface area (TPSA) is 64.4 Å². The Morgan fingerprint density at radius 1 is 1.10 bits per heavy atom. The van der Waals surface area contributed by atoms with E-state index in [-0.39, 0.29) is 23.7 Å². The van der Waals surface area contributed by atoms with E-state index in [1.165, 1.54) is 35.6 Å². The van der Waals surface area contributed by atoms with Gasteiger partial charge >= 0.3 is 6.18 Å². The monoisotopic (exact) mass is 444 g/mol. The van der Waals surface area contributed by atoms with Gasteiger partial charge in [0.1, 0.15) is 18.1 Å². The minimum atomic E-state index is -4.47. The summed E-state index contributed by atoms with van der Waals surface area (Å²) >= 11 is 1.45. The van der Waals surface area contributed by atoms with Crippen molar-refractivity contribution in [2.75, 3.05) is 5.32 Å². The number of para-hydroxylation sites is 2. The van der Waals surface area contributed by atoms with Gasteiger partial charge in [0.15, 0.2) is 5.76 Å². The summed E-state index contributed by atoms with van der Waals surface area (Å²) in [7, 11) is 0. The minimum absolute atomic E-state index is 0.0401. The molecular formula is C22H15F3N2O3S. The molecule has 4 aromatic rings. The third kappa shape index (κ3) is 4.95. The summed E-state index contributed by atoms with van der Waals surface area (Å²) in [6.07, 6.45) is -4.47. The number of ether oxygens (including phenoxy) is 1. The van der Waals surface area contributed by atoms with Crippen molar-refractivity contribution in [2.24, 2.45) is 0 Å². The number of rotatable bonds is 6. The van der Waals surface area contributed by atoms with Crippen molar-refractivity contribution in [3.8, 4) is 17.1 Å². The number of anilines is 1. The summed E-state index contributed by atoms with van der Waals surface area (Å²) < 4.78 is 50.1. The molecule has 158 valence electrons. The number of alkyl halides is 3. The van der Waals surface area contributed by atoms with E-state index in [1.807, 2.05) is 5.38 Å². The maximum atomic E-state index is 12.9.